The normalized spacial score (nSPS) is 18.5. The van der Waals surface area contributed by atoms with Crippen LogP contribution in [0.1, 0.15) is 75.7 Å². The highest BCUT2D eigenvalue weighted by Crippen LogP contribution is 2.46. The molecule has 2 aliphatic heterocycles. The van der Waals surface area contributed by atoms with E-state index in [4.69, 9.17) is 31.5 Å². The topological polar surface area (TPSA) is 106 Å². The van der Waals surface area contributed by atoms with Crippen molar-refractivity contribution in [1.82, 2.24) is 10.2 Å². The van der Waals surface area contributed by atoms with Gasteiger partial charge in [-0.3, -0.25) is 9.59 Å². The fourth-order valence-corrected chi connectivity index (χ4v) is 6.84. The summed E-state index contributed by atoms with van der Waals surface area (Å²) in [7, 11) is 1.61. The van der Waals surface area contributed by atoms with Gasteiger partial charge in [-0.25, -0.2) is 0 Å². The number of anilines is 1. The molecule has 2 unspecified atom stereocenters. The first kappa shape index (κ1) is 37.6. The van der Waals surface area contributed by atoms with E-state index >= 15 is 0 Å². The van der Waals surface area contributed by atoms with E-state index in [-0.39, 0.29) is 29.7 Å². The van der Waals surface area contributed by atoms with Gasteiger partial charge in [0.2, 0.25) is 5.91 Å². The van der Waals surface area contributed by atoms with Crippen molar-refractivity contribution in [1.29, 1.82) is 0 Å². The number of nitrogens with zero attached hydrogens (tertiary/aromatic N) is 2. The molecule has 0 aromatic heterocycles. The summed E-state index contributed by atoms with van der Waals surface area (Å²) in [6.45, 7) is 10.1. The number of hydrogen-bond acceptors (Lipinski definition) is 7. The third-order valence-corrected chi connectivity index (χ3v) is 9.44. The number of benzene rings is 3. The van der Waals surface area contributed by atoms with Crippen LogP contribution in [0.25, 0.3) is 0 Å². The number of piperidine rings is 1. The number of likely N-dealkylation sites (tertiary alicyclic amines) is 1. The lowest BCUT2D eigenvalue weighted by Gasteiger charge is -2.33. The lowest BCUT2D eigenvalue weighted by Crippen LogP contribution is -2.47. The molecule has 5 rings (SSSR count). The molecule has 2 heterocycles. The Bertz CT molecular complexity index is 1570. The van der Waals surface area contributed by atoms with Crippen molar-refractivity contribution in [3.63, 3.8) is 0 Å². The van der Waals surface area contributed by atoms with Gasteiger partial charge in [-0.15, -0.1) is 0 Å². The molecule has 2 amide bonds. The van der Waals surface area contributed by atoms with Crippen LogP contribution in [-0.2, 0) is 20.7 Å². The Kier molecular flexibility index (Phi) is 13.2. The van der Waals surface area contributed by atoms with Crippen molar-refractivity contribution in [3.05, 3.63) is 88.4 Å². The minimum absolute atomic E-state index is 0.0796. The SMILES string of the molecule is COc1c(OCCCNCCCc2ccccc2)cccc1C1OC(CC(=O)N2CCC(N)CC2)C(=O)N(CC(C)(C)C)c2ccc(Cl)cc21. The van der Waals surface area contributed by atoms with E-state index in [9.17, 15) is 9.59 Å². The first-order chi connectivity index (χ1) is 24.0. The molecular formula is C40H53ClN4O5. The van der Waals surface area contributed by atoms with Gasteiger partial charge in [0, 0.05) is 47.5 Å². The number of ether oxygens (including phenoxy) is 3. The first-order valence-electron chi connectivity index (χ1n) is 17.9. The number of hydrogen-bond donors (Lipinski definition) is 2. The average molecular weight is 705 g/mol. The van der Waals surface area contributed by atoms with Crippen LogP contribution in [0.15, 0.2) is 66.7 Å². The molecule has 0 bridgehead atoms. The van der Waals surface area contributed by atoms with E-state index in [1.54, 1.807) is 23.0 Å². The van der Waals surface area contributed by atoms with Gasteiger partial charge in [-0.2, -0.15) is 0 Å². The van der Waals surface area contributed by atoms with Crippen LogP contribution in [0.4, 0.5) is 5.69 Å². The molecule has 1 fully saturated rings. The van der Waals surface area contributed by atoms with Gasteiger partial charge in [0.25, 0.3) is 5.91 Å². The van der Waals surface area contributed by atoms with Gasteiger partial charge >= 0.3 is 0 Å². The largest absolute Gasteiger partial charge is 0.492 e. The summed E-state index contributed by atoms with van der Waals surface area (Å²) >= 11 is 6.61. The third kappa shape index (κ3) is 10.00. The molecule has 0 spiro atoms. The Morgan fingerprint density at radius 1 is 1.00 bits per heavy atom. The van der Waals surface area contributed by atoms with E-state index in [1.165, 1.54) is 5.56 Å². The Morgan fingerprint density at radius 3 is 2.46 bits per heavy atom. The smallest absolute Gasteiger partial charge is 0.256 e. The highest BCUT2D eigenvalue weighted by Gasteiger charge is 2.41. The zero-order chi connectivity index (χ0) is 35.7. The van der Waals surface area contributed by atoms with Crippen molar-refractivity contribution >= 4 is 29.1 Å². The number of rotatable bonds is 14. The summed E-state index contributed by atoms with van der Waals surface area (Å²) in [6, 6.07) is 21.8. The molecule has 0 radical (unpaired) electrons. The van der Waals surface area contributed by atoms with Crippen LogP contribution in [0.3, 0.4) is 0 Å². The van der Waals surface area contributed by atoms with Gasteiger partial charge in [-0.05, 0) is 80.4 Å². The van der Waals surface area contributed by atoms with E-state index in [1.807, 2.05) is 36.4 Å². The maximum Gasteiger partial charge on any atom is 0.256 e. The number of halogens is 1. The summed E-state index contributed by atoms with van der Waals surface area (Å²) in [5.41, 5.74) is 9.35. The summed E-state index contributed by atoms with van der Waals surface area (Å²) < 4.78 is 19.0. The van der Waals surface area contributed by atoms with E-state index in [2.05, 4.69) is 50.4 Å². The molecule has 2 aliphatic rings. The predicted molar refractivity (Wildman–Crippen MR) is 199 cm³/mol. The average Bonchev–Trinajstić information content (AvgIpc) is 3.19. The Morgan fingerprint density at radius 2 is 1.74 bits per heavy atom. The number of amides is 2. The molecule has 50 heavy (non-hydrogen) atoms. The number of nitrogens with two attached hydrogens (primary N) is 1. The maximum absolute atomic E-state index is 14.4. The fourth-order valence-electron chi connectivity index (χ4n) is 6.66. The molecule has 270 valence electrons. The van der Waals surface area contributed by atoms with Crippen LogP contribution >= 0.6 is 11.6 Å². The van der Waals surface area contributed by atoms with Crippen LogP contribution in [0.5, 0.6) is 11.5 Å². The molecule has 2 atom stereocenters. The van der Waals surface area contributed by atoms with E-state index in [0.29, 0.717) is 54.0 Å². The molecule has 3 aromatic rings. The number of nitrogens with one attached hydrogen (secondary N) is 1. The maximum atomic E-state index is 14.4. The number of para-hydroxylation sites is 1. The Hall–Kier alpha value is -3.63. The molecule has 3 N–H and O–H groups in total. The number of aryl methyl sites for hydroxylation is 1. The summed E-state index contributed by atoms with van der Waals surface area (Å²) in [4.78, 5) is 31.6. The van der Waals surface area contributed by atoms with Gasteiger partial charge in [0.1, 0.15) is 12.2 Å². The molecule has 9 nitrogen and oxygen atoms in total. The van der Waals surface area contributed by atoms with Gasteiger partial charge in [0.05, 0.1) is 20.1 Å². The van der Waals surface area contributed by atoms with E-state index in [0.717, 1.165) is 50.8 Å². The van der Waals surface area contributed by atoms with E-state index < -0.39 is 12.2 Å². The van der Waals surface area contributed by atoms with Crippen LogP contribution in [0, 0.1) is 5.41 Å². The molecule has 1 saturated heterocycles. The van der Waals surface area contributed by atoms with Crippen LogP contribution < -0.4 is 25.4 Å². The first-order valence-corrected chi connectivity index (χ1v) is 18.3. The zero-order valence-corrected chi connectivity index (χ0v) is 30.7. The van der Waals surface area contributed by atoms with Crippen molar-refractivity contribution in [2.75, 3.05) is 51.3 Å². The van der Waals surface area contributed by atoms with Gasteiger partial charge in [0.15, 0.2) is 11.5 Å². The summed E-state index contributed by atoms with van der Waals surface area (Å²) in [5.74, 6) is 0.730. The molecule has 10 heteroatoms. The van der Waals surface area contributed by atoms with Gasteiger partial charge < -0.3 is 35.1 Å². The summed E-state index contributed by atoms with van der Waals surface area (Å²) in [6.07, 6.45) is 2.55. The zero-order valence-electron chi connectivity index (χ0n) is 30.0. The van der Waals surface area contributed by atoms with Crippen molar-refractivity contribution in [2.24, 2.45) is 11.1 Å². The minimum Gasteiger partial charge on any atom is -0.492 e. The van der Waals surface area contributed by atoms with Gasteiger partial charge in [-0.1, -0.05) is 74.8 Å². The fraction of sp³-hybridized carbons (Fsp3) is 0.500. The highest BCUT2D eigenvalue weighted by molar-refractivity contribution is 6.30. The Labute approximate surface area is 302 Å². The molecular weight excluding hydrogens is 652 g/mol. The van der Waals surface area contributed by atoms with Crippen LogP contribution in [0.2, 0.25) is 5.02 Å². The number of fused-ring (bicyclic) bond motifs is 1. The predicted octanol–water partition coefficient (Wildman–Crippen LogP) is 6.55. The molecule has 0 saturated carbocycles. The number of carbonyl (C=O) groups excluding carboxylic acids is 2. The standard InChI is InChI=1S/C40H53ClN4O5/c1-40(2,3)27-45-33-17-16-29(41)25-32(33)37(50-35(39(45)47)26-36(46)44-22-18-30(42)19-23-44)31-14-8-15-34(38(31)48-4)49-24-10-21-43-20-9-13-28-11-6-5-7-12-28/h5-8,11-12,14-17,25,30,35,37,43H,9-10,13,18-24,26-27,42H2,1-4H3. The number of carbonyl (C=O) groups is 2. The van der Waals surface area contributed by atoms with Crippen molar-refractivity contribution < 1.29 is 23.8 Å². The Balaban J connectivity index is 1.35. The second-order valence-electron chi connectivity index (χ2n) is 14.5. The summed E-state index contributed by atoms with van der Waals surface area (Å²) in [5, 5.41) is 4.03. The van der Waals surface area contributed by atoms with Crippen molar-refractivity contribution in [3.8, 4) is 11.5 Å². The molecule has 3 aromatic carbocycles. The quantitative estimate of drug-likeness (QED) is 0.184. The molecule has 0 aliphatic carbocycles. The number of methoxy groups -OCH3 is 1. The monoisotopic (exact) mass is 704 g/mol. The lowest BCUT2D eigenvalue weighted by atomic mass is 9.94. The second kappa shape index (κ2) is 17.5. The van der Waals surface area contributed by atoms with Crippen molar-refractivity contribution in [2.45, 2.75) is 77.5 Å². The minimum atomic E-state index is -1.03. The lowest BCUT2D eigenvalue weighted by molar-refractivity contribution is -0.143. The second-order valence-corrected chi connectivity index (χ2v) is 15.0. The third-order valence-electron chi connectivity index (χ3n) is 9.20. The highest BCUT2D eigenvalue weighted by atomic mass is 35.5. The van der Waals surface area contributed by atoms with Crippen LogP contribution in [-0.4, -0.2) is 75.3 Å².